The summed E-state index contributed by atoms with van der Waals surface area (Å²) in [4.78, 5) is 0. The normalized spacial score (nSPS) is 11.0. The first-order chi connectivity index (χ1) is 13.6. The molecule has 0 aliphatic rings. The highest BCUT2D eigenvalue weighted by Crippen LogP contribution is 2.36. The van der Waals surface area contributed by atoms with Crippen molar-refractivity contribution in [2.45, 2.75) is 6.92 Å². The number of hydrogen-bond donors (Lipinski definition) is 1. The van der Waals surface area contributed by atoms with Crippen molar-refractivity contribution in [2.75, 3.05) is 20.8 Å². The topological polar surface area (TPSA) is 73.7 Å². The van der Waals surface area contributed by atoms with Crippen LogP contribution in [0.5, 0.6) is 17.2 Å². The summed E-state index contributed by atoms with van der Waals surface area (Å²) in [7, 11) is 3.08. The van der Waals surface area contributed by atoms with Gasteiger partial charge in [0.1, 0.15) is 5.75 Å². The van der Waals surface area contributed by atoms with Crippen LogP contribution in [0.4, 0.5) is 0 Å². The predicted octanol–water partition coefficient (Wildman–Crippen LogP) is 4.56. The van der Waals surface area contributed by atoms with E-state index in [1.807, 2.05) is 31.2 Å². The summed E-state index contributed by atoms with van der Waals surface area (Å²) in [5.41, 5.74) is 1.42. The molecule has 1 heterocycles. The van der Waals surface area contributed by atoms with Gasteiger partial charge in [0.15, 0.2) is 17.3 Å². The smallest absolute Gasteiger partial charge is 0.216 e. The lowest BCUT2D eigenvalue weighted by Gasteiger charge is -2.11. The van der Waals surface area contributed by atoms with Crippen molar-refractivity contribution in [2.24, 2.45) is 5.10 Å². The van der Waals surface area contributed by atoms with E-state index in [0.29, 0.717) is 45.0 Å². The molecule has 0 aliphatic carbocycles. The summed E-state index contributed by atoms with van der Waals surface area (Å²) in [5.74, 6) is 2.20. The van der Waals surface area contributed by atoms with Crippen LogP contribution in [0, 0.1) is 4.77 Å². The number of hydrogen-bond acceptors (Lipinski definition) is 6. The molecule has 0 bridgehead atoms. The third-order valence-electron chi connectivity index (χ3n) is 3.91. The summed E-state index contributed by atoms with van der Waals surface area (Å²) in [6.07, 6.45) is 1.59. The number of halogens is 1. The summed E-state index contributed by atoms with van der Waals surface area (Å²) in [6, 6.07) is 11.1. The predicted molar refractivity (Wildman–Crippen MR) is 112 cm³/mol. The molecule has 0 atom stereocenters. The highest BCUT2D eigenvalue weighted by atomic mass is 35.5. The quantitative estimate of drug-likeness (QED) is 0.449. The Morgan fingerprint density at radius 3 is 2.68 bits per heavy atom. The standard InChI is InChI=1S/C19H19ClN4O3S/c1-4-27-14-8-6-5-7-13(14)18-22-23-19(28)24(18)21-11-12-9-10-15(25-2)17(26-3)16(12)20/h5-11H,4H2,1-3H3,(H,23,28)/b21-11-. The van der Waals surface area contributed by atoms with Crippen LogP contribution in [0.2, 0.25) is 5.02 Å². The first kappa shape index (κ1) is 19.9. The molecule has 2 aromatic carbocycles. The summed E-state index contributed by atoms with van der Waals surface area (Å²) in [5, 5.41) is 11.9. The average molecular weight is 419 g/mol. The molecule has 0 amide bonds. The van der Waals surface area contributed by atoms with Crippen LogP contribution >= 0.6 is 23.8 Å². The molecule has 7 nitrogen and oxygen atoms in total. The monoisotopic (exact) mass is 418 g/mol. The Balaban J connectivity index is 2.04. The van der Waals surface area contributed by atoms with Gasteiger partial charge < -0.3 is 14.2 Å². The number of methoxy groups -OCH3 is 2. The Morgan fingerprint density at radius 2 is 1.96 bits per heavy atom. The van der Waals surface area contributed by atoms with E-state index < -0.39 is 0 Å². The number of ether oxygens (including phenoxy) is 3. The minimum absolute atomic E-state index is 0.342. The molecule has 0 saturated carbocycles. The molecule has 3 rings (SSSR count). The Bertz CT molecular complexity index is 1060. The number of benzene rings is 2. The maximum atomic E-state index is 6.42. The van der Waals surface area contributed by atoms with Crippen LogP contribution in [-0.2, 0) is 0 Å². The van der Waals surface area contributed by atoms with E-state index in [4.69, 9.17) is 38.0 Å². The van der Waals surface area contributed by atoms with Crippen LogP contribution in [0.3, 0.4) is 0 Å². The molecule has 146 valence electrons. The van der Waals surface area contributed by atoms with E-state index in [0.717, 1.165) is 5.56 Å². The van der Waals surface area contributed by atoms with E-state index in [2.05, 4.69) is 15.3 Å². The van der Waals surface area contributed by atoms with Crippen molar-refractivity contribution in [3.63, 3.8) is 0 Å². The van der Waals surface area contributed by atoms with Crippen molar-refractivity contribution in [1.82, 2.24) is 14.9 Å². The summed E-state index contributed by atoms with van der Waals surface area (Å²) < 4.78 is 18.1. The third-order valence-corrected chi connectivity index (χ3v) is 4.56. The number of aromatic amines is 1. The number of nitrogens with one attached hydrogen (secondary N) is 1. The van der Waals surface area contributed by atoms with Gasteiger partial charge in [0, 0.05) is 5.56 Å². The molecule has 0 fully saturated rings. The summed E-state index contributed by atoms with van der Waals surface area (Å²) >= 11 is 11.8. The van der Waals surface area contributed by atoms with E-state index in [-0.39, 0.29) is 0 Å². The van der Waals surface area contributed by atoms with E-state index >= 15 is 0 Å². The molecule has 0 radical (unpaired) electrons. The number of para-hydroxylation sites is 1. The molecule has 28 heavy (non-hydrogen) atoms. The van der Waals surface area contributed by atoms with Crippen LogP contribution in [-0.4, -0.2) is 41.9 Å². The van der Waals surface area contributed by atoms with E-state index in [1.54, 1.807) is 25.5 Å². The number of nitrogens with zero attached hydrogens (tertiary/aromatic N) is 3. The minimum Gasteiger partial charge on any atom is -0.493 e. The van der Waals surface area contributed by atoms with Crippen LogP contribution in [0.15, 0.2) is 41.5 Å². The van der Waals surface area contributed by atoms with Gasteiger partial charge in [0.25, 0.3) is 0 Å². The molecule has 1 N–H and O–H groups in total. The first-order valence-electron chi connectivity index (χ1n) is 8.45. The Kier molecular flexibility index (Phi) is 6.33. The summed E-state index contributed by atoms with van der Waals surface area (Å²) in [6.45, 7) is 2.46. The fraction of sp³-hybridized carbons (Fsp3) is 0.211. The van der Waals surface area contributed by atoms with Gasteiger partial charge in [-0.15, -0.1) is 0 Å². The van der Waals surface area contributed by atoms with Gasteiger partial charge in [0.05, 0.1) is 37.6 Å². The van der Waals surface area contributed by atoms with Gasteiger partial charge in [-0.25, -0.2) is 5.10 Å². The Labute approximate surface area is 172 Å². The highest BCUT2D eigenvalue weighted by molar-refractivity contribution is 7.71. The van der Waals surface area contributed by atoms with Crippen LogP contribution in [0.1, 0.15) is 12.5 Å². The molecule has 9 heteroatoms. The molecule has 3 aromatic rings. The van der Waals surface area contributed by atoms with E-state index in [9.17, 15) is 0 Å². The number of aromatic nitrogens is 3. The lowest BCUT2D eigenvalue weighted by atomic mass is 10.2. The maximum Gasteiger partial charge on any atom is 0.216 e. The average Bonchev–Trinajstić information content (AvgIpc) is 3.07. The van der Waals surface area contributed by atoms with Crippen LogP contribution in [0.25, 0.3) is 11.4 Å². The van der Waals surface area contributed by atoms with Crippen molar-refractivity contribution < 1.29 is 14.2 Å². The van der Waals surface area contributed by atoms with Crippen molar-refractivity contribution in [1.29, 1.82) is 0 Å². The fourth-order valence-electron chi connectivity index (χ4n) is 2.63. The van der Waals surface area contributed by atoms with Gasteiger partial charge in [-0.05, 0) is 43.4 Å². The SMILES string of the molecule is CCOc1ccccc1-c1n[nH]c(=S)n1/N=C\c1ccc(OC)c(OC)c1Cl. The second kappa shape index (κ2) is 8.90. The van der Waals surface area contributed by atoms with Gasteiger partial charge >= 0.3 is 0 Å². The molecule has 0 saturated heterocycles. The van der Waals surface area contributed by atoms with Gasteiger partial charge in [0.2, 0.25) is 4.77 Å². The lowest BCUT2D eigenvalue weighted by molar-refractivity contribution is 0.341. The largest absolute Gasteiger partial charge is 0.493 e. The maximum absolute atomic E-state index is 6.42. The zero-order valence-corrected chi connectivity index (χ0v) is 17.2. The molecule has 0 unspecified atom stereocenters. The zero-order valence-electron chi connectivity index (χ0n) is 15.6. The lowest BCUT2D eigenvalue weighted by Crippen LogP contribution is -1.99. The number of rotatable bonds is 7. The second-order valence-electron chi connectivity index (χ2n) is 5.54. The molecule has 0 aliphatic heterocycles. The molecule has 1 aromatic heterocycles. The van der Waals surface area contributed by atoms with Gasteiger partial charge in [-0.1, -0.05) is 23.7 Å². The van der Waals surface area contributed by atoms with Gasteiger partial charge in [-0.2, -0.15) is 14.9 Å². The van der Waals surface area contributed by atoms with Crippen molar-refractivity contribution in [3.8, 4) is 28.6 Å². The minimum atomic E-state index is 0.342. The highest BCUT2D eigenvalue weighted by Gasteiger charge is 2.15. The Hall–Kier alpha value is -2.84. The zero-order chi connectivity index (χ0) is 20.1. The van der Waals surface area contributed by atoms with Crippen LogP contribution < -0.4 is 14.2 Å². The van der Waals surface area contributed by atoms with Crippen molar-refractivity contribution in [3.05, 3.63) is 51.8 Å². The first-order valence-corrected chi connectivity index (χ1v) is 9.23. The molecule has 0 spiro atoms. The fourth-order valence-corrected chi connectivity index (χ4v) is 3.09. The van der Waals surface area contributed by atoms with Gasteiger partial charge in [-0.3, -0.25) is 0 Å². The third kappa shape index (κ3) is 3.88. The second-order valence-corrected chi connectivity index (χ2v) is 6.31. The van der Waals surface area contributed by atoms with E-state index in [1.165, 1.54) is 11.8 Å². The Morgan fingerprint density at radius 1 is 1.18 bits per heavy atom. The van der Waals surface area contributed by atoms with Crippen molar-refractivity contribution >= 4 is 30.0 Å². The molecular formula is C19H19ClN4O3S. The number of H-pyrrole nitrogens is 1. The molecular weight excluding hydrogens is 400 g/mol.